The van der Waals surface area contributed by atoms with Crippen LogP contribution in [0, 0.1) is 11.6 Å². The van der Waals surface area contributed by atoms with Crippen LogP contribution in [-0.4, -0.2) is 25.7 Å². The quantitative estimate of drug-likeness (QED) is 0.399. The van der Waals surface area contributed by atoms with Gasteiger partial charge < -0.3 is 10.1 Å². The Bertz CT molecular complexity index is 1320. The highest BCUT2D eigenvalue weighted by atomic mass is 19.1. The van der Waals surface area contributed by atoms with Crippen LogP contribution in [0.15, 0.2) is 67.1 Å². The van der Waals surface area contributed by atoms with Gasteiger partial charge in [-0.1, -0.05) is 32.9 Å². The summed E-state index contributed by atoms with van der Waals surface area (Å²) in [6.45, 7) is 6.22. The molecule has 0 aliphatic carbocycles. The Morgan fingerprint density at radius 2 is 1.83 bits per heavy atom. The zero-order valence-corrected chi connectivity index (χ0v) is 19.6. The maximum atomic E-state index is 14.3. The molecule has 9 heteroatoms. The molecule has 0 bridgehead atoms. The molecule has 0 aliphatic heterocycles. The molecule has 0 aliphatic rings. The predicted octanol–water partition coefficient (Wildman–Crippen LogP) is 5.13. The lowest BCUT2D eigenvalue weighted by Crippen LogP contribution is -2.18. The standard InChI is InChI=1S/C26H25F2N5O2/c1-26(2,3)23-13-22(33(32-23)15-17-4-6-19(27)7-5-17)25(34)31-20-8-9-21(28)18(12-20)16-35-24-14-29-10-11-30-24/h4-14H,15-16H2,1-3H3,(H,31,34). The van der Waals surface area contributed by atoms with Crippen molar-refractivity contribution in [2.75, 3.05) is 5.32 Å². The van der Waals surface area contributed by atoms with Crippen molar-refractivity contribution < 1.29 is 18.3 Å². The molecule has 7 nitrogen and oxygen atoms in total. The molecule has 0 saturated carbocycles. The van der Waals surface area contributed by atoms with Crippen molar-refractivity contribution in [2.24, 2.45) is 0 Å². The van der Waals surface area contributed by atoms with Crippen molar-refractivity contribution in [1.82, 2.24) is 19.7 Å². The number of aromatic nitrogens is 4. The molecule has 0 atom stereocenters. The summed E-state index contributed by atoms with van der Waals surface area (Å²) in [6.07, 6.45) is 4.41. The number of nitrogens with one attached hydrogen (secondary N) is 1. The Labute approximate surface area is 201 Å². The fourth-order valence-corrected chi connectivity index (χ4v) is 3.32. The molecule has 2 aromatic heterocycles. The van der Waals surface area contributed by atoms with Gasteiger partial charge in [0, 0.05) is 29.1 Å². The number of rotatable bonds is 7. The Morgan fingerprint density at radius 1 is 1.06 bits per heavy atom. The SMILES string of the molecule is CC(C)(C)c1cc(C(=O)Nc2ccc(F)c(COc3cnccn3)c2)n(Cc2ccc(F)cc2)n1. The summed E-state index contributed by atoms with van der Waals surface area (Å²) < 4.78 is 34.7. The number of nitrogens with zero attached hydrogens (tertiary/aromatic N) is 4. The summed E-state index contributed by atoms with van der Waals surface area (Å²) in [5.41, 5.74) is 2.24. The average molecular weight is 478 g/mol. The van der Waals surface area contributed by atoms with Crippen molar-refractivity contribution in [2.45, 2.75) is 39.3 Å². The van der Waals surface area contributed by atoms with E-state index < -0.39 is 11.7 Å². The molecule has 35 heavy (non-hydrogen) atoms. The molecule has 4 aromatic rings. The van der Waals surface area contributed by atoms with E-state index in [-0.39, 0.29) is 29.3 Å². The Hall–Kier alpha value is -4.14. The number of hydrogen-bond acceptors (Lipinski definition) is 5. The number of benzene rings is 2. The molecule has 2 aromatic carbocycles. The molecule has 0 spiro atoms. The second-order valence-electron chi connectivity index (χ2n) is 9.04. The van der Waals surface area contributed by atoms with Crippen LogP contribution in [0.4, 0.5) is 14.5 Å². The minimum atomic E-state index is -0.469. The first-order valence-corrected chi connectivity index (χ1v) is 11.0. The highest BCUT2D eigenvalue weighted by Crippen LogP contribution is 2.24. The zero-order valence-electron chi connectivity index (χ0n) is 19.6. The van der Waals surface area contributed by atoms with E-state index in [9.17, 15) is 13.6 Å². The Morgan fingerprint density at radius 3 is 2.51 bits per heavy atom. The average Bonchev–Trinajstić information content (AvgIpc) is 3.26. The molecule has 0 radical (unpaired) electrons. The second kappa shape index (κ2) is 10.0. The molecular formula is C26H25F2N5O2. The van der Waals surface area contributed by atoms with Gasteiger partial charge in [0.1, 0.15) is 23.9 Å². The highest BCUT2D eigenvalue weighted by Gasteiger charge is 2.23. The monoisotopic (exact) mass is 477 g/mol. The van der Waals surface area contributed by atoms with Gasteiger partial charge >= 0.3 is 0 Å². The molecular weight excluding hydrogens is 452 g/mol. The van der Waals surface area contributed by atoms with E-state index >= 15 is 0 Å². The van der Waals surface area contributed by atoms with Crippen LogP contribution >= 0.6 is 0 Å². The van der Waals surface area contributed by atoms with E-state index in [1.165, 1.54) is 48.9 Å². The molecule has 0 saturated heterocycles. The lowest BCUT2D eigenvalue weighted by Gasteiger charge is -2.14. The van der Waals surface area contributed by atoms with E-state index in [2.05, 4.69) is 20.4 Å². The van der Waals surface area contributed by atoms with Gasteiger partial charge in [0.15, 0.2) is 0 Å². The van der Waals surface area contributed by atoms with Crippen LogP contribution in [0.3, 0.4) is 0 Å². The molecule has 1 amide bonds. The third-order valence-electron chi connectivity index (χ3n) is 5.25. The van der Waals surface area contributed by atoms with Gasteiger partial charge in [-0.05, 0) is 42.0 Å². The maximum absolute atomic E-state index is 14.3. The number of halogens is 2. The fraction of sp³-hybridized carbons (Fsp3) is 0.231. The summed E-state index contributed by atoms with van der Waals surface area (Å²) in [5, 5.41) is 7.44. The summed E-state index contributed by atoms with van der Waals surface area (Å²) >= 11 is 0. The number of hydrogen-bond donors (Lipinski definition) is 1. The maximum Gasteiger partial charge on any atom is 0.273 e. The first-order chi connectivity index (χ1) is 16.7. The summed E-state index contributed by atoms with van der Waals surface area (Å²) in [6, 6.07) is 12.0. The van der Waals surface area contributed by atoms with E-state index in [0.29, 0.717) is 17.9 Å². The van der Waals surface area contributed by atoms with Crippen LogP contribution in [0.2, 0.25) is 0 Å². The van der Waals surface area contributed by atoms with E-state index in [0.717, 1.165) is 11.3 Å². The molecule has 2 heterocycles. The van der Waals surface area contributed by atoms with Crippen molar-refractivity contribution >= 4 is 11.6 Å². The van der Waals surface area contributed by atoms with E-state index in [4.69, 9.17) is 4.74 Å². The summed E-state index contributed by atoms with van der Waals surface area (Å²) in [4.78, 5) is 21.1. The first-order valence-electron chi connectivity index (χ1n) is 11.0. The van der Waals surface area contributed by atoms with E-state index in [1.54, 1.807) is 22.9 Å². The van der Waals surface area contributed by atoms with E-state index in [1.807, 2.05) is 20.8 Å². The van der Waals surface area contributed by atoms with Crippen molar-refractivity contribution in [1.29, 1.82) is 0 Å². The van der Waals surface area contributed by atoms with Crippen LogP contribution < -0.4 is 10.1 Å². The van der Waals surface area contributed by atoms with Gasteiger partial charge in [0.05, 0.1) is 18.4 Å². The zero-order chi connectivity index (χ0) is 25.0. The van der Waals surface area contributed by atoms with Crippen LogP contribution in [0.25, 0.3) is 0 Å². The van der Waals surface area contributed by atoms with Gasteiger partial charge in [-0.2, -0.15) is 5.10 Å². The number of ether oxygens (including phenoxy) is 1. The molecule has 0 unspecified atom stereocenters. The minimum Gasteiger partial charge on any atom is -0.472 e. The van der Waals surface area contributed by atoms with Crippen molar-refractivity contribution in [3.05, 3.63) is 101 Å². The second-order valence-corrected chi connectivity index (χ2v) is 9.04. The topological polar surface area (TPSA) is 81.9 Å². The van der Waals surface area contributed by atoms with Gasteiger partial charge in [0.2, 0.25) is 5.88 Å². The molecule has 0 fully saturated rings. The van der Waals surface area contributed by atoms with Crippen molar-refractivity contribution in [3.63, 3.8) is 0 Å². The highest BCUT2D eigenvalue weighted by molar-refractivity contribution is 6.03. The van der Waals surface area contributed by atoms with Crippen LogP contribution in [-0.2, 0) is 18.6 Å². The fourth-order valence-electron chi connectivity index (χ4n) is 3.32. The minimum absolute atomic E-state index is 0.0785. The smallest absolute Gasteiger partial charge is 0.273 e. The molecule has 180 valence electrons. The predicted molar refractivity (Wildman–Crippen MR) is 127 cm³/mol. The molecule has 1 N–H and O–H groups in total. The van der Waals surface area contributed by atoms with Gasteiger partial charge in [0.25, 0.3) is 5.91 Å². The van der Waals surface area contributed by atoms with Gasteiger partial charge in [-0.3, -0.25) is 14.5 Å². The number of carbonyl (C=O) groups excluding carboxylic acids is 1. The Kier molecular flexibility index (Phi) is 6.86. The largest absolute Gasteiger partial charge is 0.472 e. The summed E-state index contributed by atoms with van der Waals surface area (Å²) in [7, 11) is 0. The normalized spacial score (nSPS) is 11.3. The van der Waals surface area contributed by atoms with Gasteiger partial charge in [-0.25, -0.2) is 13.8 Å². The van der Waals surface area contributed by atoms with Crippen molar-refractivity contribution in [3.8, 4) is 5.88 Å². The van der Waals surface area contributed by atoms with Crippen LogP contribution in [0.1, 0.15) is 48.1 Å². The number of carbonyl (C=O) groups is 1. The Balaban J connectivity index is 1.55. The number of anilines is 1. The summed E-state index contributed by atoms with van der Waals surface area (Å²) in [5.74, 6) is -0.940. The third-order valence-corrected chi connectivity index (χ3v) is 5.25. The lowest BCUT2D eigenvalue weighted by molar-refractivity contribution is 0.101. The first kappa shape index (κ1) is 24.0. The van der Waals surface area contributed by atoms with Gasteiger partial charge in [-0.15, -0.1) is 0 Å². The molecule has 4 rings (SSSR count). The third kappa shape index (κ3) is 6.06. The van der Waals surface area contributed by atoms with Crippen LogP contribution in [0.5, 0.6) is 5.88 Å². The number of amides is 1. The lowest BCUT2D eigenvalue weighted by atomic mass is 9.92.